The van der Waals surface area contributed by atoms with E-state index >= 15 is 0 Å². The molecule has 3 heteroatoms. The fraction of sp³-hybridized carbons (Fsp3) is 0.400. The van der Waals surface area contributed by atoms with Crippen LogP contribution in [0.4, 0.5) is 0 Å². The molecular weight excluding hydrogens is 108 g/mol. The van der Waals surface area contributed by atoms with E-state index in [0.717, 1.165) is 0 Å². The summed E-state index contributed by atoms with van der Waals surface area (Å²) in [6.45, 7) is 0. The van der Waals surface area contributed by atoms with Gasteiger partial charge in [-0.05, 0) is 12.2 Å². The third kappa shape index (κ3) is 0.657. The fourth-order valence-electron chi connectivity index (χ4n) is 0.566. The van der Waals surface area contributed by atoms with Crippen molar-refractivity contribution in [3.63, 3.8) is 0 Å². The lowest BCUT2D eigenvalue weighted by molar-refractivity contribution is -0.124. The number of carbonyl (C=O) groups excluding carboxylic acids is 1. The van der Waals surface area contributed by atoms with Crippen LogP contribution in [0.25, 0.3) is 0 Å². The van der Waals surface area contributed by atoms with Crippen LogP contribution >= 0.6 is 0 Å². The van der Waals surface area contributed by atoms with Gasteiger partial charge in [-0.25, -0.2) is 0 Å². The zero-order valence-electron chi connectivity index (χ0n) is 4.11. The predicted molar refractivity (Wildman–Crippen MR) is 26.2 cm³/mol. The lowest BCUT2D eigenvalue weighted by atomic mass is 10.2. The topological polar surface area (TPSA) is 57.5 Å². The van der Waals surface area contributed by atoms with Gasteiger partial charge in [0.15, 0.2) is 5.78 Å². The van der Waals surface area contributed by atoms with Crippen molar-refractivity contribution in [3.8, 4) is 0 Å². The van der Waals surface area contributed by atoms with Crippen LogP contribution in [0.15, 0.2) is 12.2 Å². The molecule has 44 valence electrons. The van der Waals surface area contributed by atoms with E-state index in [-0.39, 0.29) is 0 Å². The molecule has 0 bridgehead atoms. The largest absolute Gasteiger partial charge is 0.386 e. The second-order valence-corrected chi connectivity index (χ2v) is 1.70. The highest BCUT2D eigenvalue weighted by atomic mass is 16.3. The molecule has 0 spiro atoms. The molecule has 2 N–H and O–H groups in total. The number of rotatable bonds is 0. The number of ketones is 1. The van der Waals surface area contributed by atoms with Crippen LogP contribution in [-0.2, 0) is 4.79 Å². The van der Waals surface area contributed by atoms with E-state index in [1.807, 2.05) is 0 Å². The van der Waals surface area contributed by atoms with Crippen LogP contribution in [0.3, 0.4) is 0 Å². The average Bonchev–Trinajstić information content (AvgIpc) is 1.98. The monoisotopic (exact) mass is 114 g/mol. The number of hydrogen-bond donors (Lipinski definition) is 2. The maximum absolute atomic E-state index is 10.3. The lowest BCUT2D eigenvalue weighted by Crippen LogP contribution is -2.25. The molecule has 0 saturated heterocycles. The van der Waals surface area contributed by atoms with E-state index in [4.69, 9.17) is 10.2 Å². The molecule has 0 aromatic heterocycles. The second-order valence-electron chi connectivity index (χ2n) is 1.70. The molecule has 0 amide bonds. The van der Waals surface area contributed by atoms with Crippen molar-refractivity contribution >= 4 is 5.78 Å². The predicted octanol–water partition coefficient (Wildman–Crippen LogP) is -1.15. The molecule has 0 unspecified atom stereocenters. The Hall–Kier alpha value is -0.670. The first-order chi connectivity index (χ1) is 3.72. The maximum Gasteiger partial charge on any atom is 0.186 e. The SMILES string of the molecule is O=C1C=C[C@H](O)[C@@H]1O. The smallest absolute Gasteiger partial charge is 0.186 e. The van der Waals surface area contributed by atoms with Gasteiger partial charge < -0.3 is 10.2 Å². The molecule has 1 aliphatic rings. The van der Waals surface area contributed by atoms with Crippen LogP contribution < -0.4 is 0 Å². The quantitative estimate of drug-likeness (QED) is 0.418. The van der Waals surface area contributed by atoms with Gasteiger partial charge in [-0.15, -0.1) is 0 Å². The Bertz CT molecular complexity index is 139. The Morgan fingerprint density at radius 1 is 1.50 bits per heavy atom. The van der Waals surface area contributed by atoms with Gasteiger partial charge in [0.2, 0.25) is 0 Å². The second kappa shape index (κ2) is 1.69. The summed E-state index contributed by atoms with van der Waals surface area (Å²) in [5, 5.41) is 17.2. The Balaban J connectivity index is 2.69. The third-order valence-electron chi connectivity index (χ3n) is 1.07. The Morgan fingerprint density at radius 3 is 2.25 bits per heavy atom. The Morgan fingerprint density at radius 2 is 2.12 bits per heavy atom. The summed E-state index contributed by atoms with van der Waals surface area (Å²) >= 11 is 0. The number of aliphatic hydroxyl groups excluding tert-OH is 2. The van der Waals surface area contributed by atoms with Crippen LogP contribution in [0.5, 0.6) is 0 Å². The molecule has 0 radical (unpaired) electrons. The van der Waals surface area contributed by atoms with Crippen molar-refractivity contribution in [2.75, 3.05) is 0 Å². The van der Waals surface area contributed by atoms with Gasteiger partial charge in [-0.2, -0.15) is 0 Å². The molecule has 0 heterocycles. The minimum absolute atomic E-state index is 0.419. The van der Waals surface area contributed by atoms with Crippen LogP contribution in [0, 0.1) is 0 Å². The van der Waals surface area contributed by atoms with E-state index in [2.05, 4.69) is 0 Å². The summed E-state index contributed by atoms with van der Waals surface area (Å²) in [6, 6.07) is 0. The molecule has 0 aliphatic heterocycles. The molecule has 0 aromatic carbocycles. The van der Waals surface area contributed by atoms with Crippen molar-refractivity contribution in [1.82, 2.24) is 0 Å². The van der Waals surface area contributed by atoms with Gasteiger partial charge in [0.1, 0.15) is 12.2 Å². The van der Waals surface area contributed by atoms with E-state index in [9.17, 15) is 4.79 Å². The van der Waals surface area contributed by atoms with Gasteiger partial charge in [0, 0.05) is 0 Å². The molecule has 8 heavy (non-hydrogen) atoms. The fourth-order valence-corrected chi connectivity index (χ4v) is 0.566. The highest BCUT2D eigenvalue weighted by Gasteiger charge is 2.24. The van der Waals surface area contributed by atoms with Crippen LogP contribution in [0.2, 0.25) is 0 Å². The minimum atomic E-state index is -1.21. The van der Waals surface area contributed by atoms with Gasteiger partial charge >= 0.3 is 0 Å². The van der Waals surface area contributed by atoms with E-state index in [0.29, 0.717) is 0 Å². The molecule has 0 aromatic rings. The zero-order chi connectivity index (χ0) is 6.15. The summed E-state index contributed by atoms with van der Waals surface area (Å²) in [5.74, 6) is -0.419. The molecule has 0 saturated carbocycles. The van der Waals surface area contributed by atoms with E-state index < -0.39 is 18.0 Å². The molecule has 2 atom stereocenters. The molecule has 1 rings (SSSR count). The van der Waals surface area contributed by atoms with Gasteiger partial charge in [0.05, 0.1) is 0 Å². The normalized spacial score (nSPS) is 36.5. The number of hydrogen-bond acceptors (Lipinski definition) is 3. The molecule has 0 fully saturated rings. The highest BCUT2D eigenvalue weighted by Crippen LogP contribution is 2.05. The lowest BCUT2D eigenvalue weighted by Gasteiger charge is -2.01. The molecule has 1 aliphatic carbocycles. The number of carbonyl (C=O) groups is 1. The minimum Gasteiger partial charge on any atom is -0.386 e. The zero-order valence-corrected chi connectivity index (χ0v) is 4.11. The van der Waals surface area contributed by atoms with Crippen molar-refractivity contribution in [3.05, 3.63) is 12.2 Å². The first-order valence-electron chi connectivity index (χ1n) is 2.30. The summed E-state index contributed by atoms with van der Waals surface area (Å²) in [7, 11) is 0. The van der Waals surface area contributed by atoms with Crippen molar-refractivity contribution in [2.24, 2.45) is 0 Å². The van der Waals surface area contributed by atoms with Gasteiger partial charge in [0.25, 0.3) is 0 Å². The maximum atomic E-state index is 10.3. The van der Waals surface area contributed by atoms with Gasteiger partial charge in [-0.3, -0.25) is 4.79 Å². The Kier molecular flexibility index (Phi) is 1.15. The standard InChI is InChI=1S/C5H6O3/c6-3-1-2-4(7)5(3)8/h1-3,5-6,8H/t3-,5-/m0/s1. The van der Waals surface area contributed by atoms with Crippen molar-refractivity contribution < 1.29 is 15.0 Å². The summed E-state index contributed by atoms with van der Waals surface area (Å²) in [5.41, 5.74) is 0. The van der Waals surface area contributed by atoms with Crippen molar-refractivity contribution in [2.45, 2.75) is 12.2 Å². The van der Waals surface area contributed by atoms with E-state index in [1.165, 1.54) is 12.2 Å². The highest BCUT2D eigenvalue weighted by molar-refractivity contribution is 5.96. The number of aliphatic hydroxyl groups is 2. The van der Waals surface area contributed by atoms with Crippen molar-refractivity contribution in [1.29, 1.82) is 0 Å². The summed E-state index contributed by atoms with van der Waals surface area (Å²) in [6.07, 6.45) is 0.250. The summed E-state index contributed by atoms with van der Waals surface area (Å²) < 4.78 is 0. The Labute approximate surface area is 46.3 Å². The first kappa shape index (κ1) is 5.47. The third-order valence-corrected chi connectivity index (χ3v) is 1.07. The molecule has 3 nitrogen and oxygen atoms in total. The average molecular weight is 114 g/mol. The first-order valence-corrected chi connectivity index (χ1v) is 2.30. The summed E-state index contributed by atoms with van der Waals surface area (Å²) in [4.78, 5) is 10.3. The molecular formula is C5H6O3. The van der Waals surface area contributed by atoms with Crippen LogP contribution in [-0.4, -0.2) is 28.2 Å². The van der Waals surface area contributed by atoms with E-state index in [1.54, 1.807) is 0 Å². The van der Waals surface area contributed by atoms with Crippen LogP contribution in [0.1, 0.15) is 0 Å². The van der Waals surface area contributed by atoms with Gasteiger partial charge in [-0.1, -0.05) is 0 Å².